The number of esters is 1. The van der Waals surface area contributed by atoms with Gasteiger partial charge in [-0.05, 0) is 6.42 Å². The Balaban J connectivity index is 2.19. The van der Waals surface area contributed by atoms with Crippen molar-refractivity contribution in [3.05, 3.63) is 18.2 Å². The lowest BCUT2D eigenvalue weighted by atomic mass is 10.3. The summed E-state index contributed by atoms with van der Waals surface area (Å²) in [6.07, 6.45) is 4.55. The molecule has 0 unspecified atom stereocenters. The van der Waals surface area contributed by atoms with Crippen LogP contribution in [0.5, 0.6) is 0 Å². The molecule has 1 rings (SSSR count). The Kier molecular flexibility index (Phi) is 5.79. The van der Waals surface area contributed by atoms with E-state index in [0.717, 1.165) is 5.82 Å². The number of imidazole rings is 1. The van der Waals surface area contributed by atoms with Gasteiger partial charge in [0.15, 0.2) is 0 Å². The second-order valence-electron chi connectivity index (χ2n) is 3.68. The van der Waals surface area contributed by atoms with Crippen molar-refractivity contribution in [3.63, 3.8) is 0 Å². The lowest BCUT2D eigenvalue weighted by Crippen LogP contribution is -2.28. The summed E-state index contributed by atoms with van der Waals surface area (Å²) in [6.45, 7) is 0.324. The van der Waals surface area contributed by atoms with Gasteiger partial charge in [0, 0.05) is 25.4 Å². The topological polar surface area (TPSA) is 101 Å². The van der Waals surface area contributed by atoms with E-state index in [4.69, 9.17) is 0 Å². The minimum atomic E-state index is -3.41. The second-order valence-corrected chi connectivity index (χ2v) is 5.61. The summed E-state index contributed by atoms with van der Waals surface area (Å²) in [5, 5.41) is 0. The van der Waals surface area contributed by atoms with Crippen LogP contribution in [0.15, 0.2) is 12.4 Å². The van der Waals surface area contributed by atoms with Crippen LogP contribution in [0.1, 0.15) is 18.7 Å². The number of sulfonamides is 1. The first-order valence-electron chi connectivity index (χ1n) is 5.56. The van der Waals surface area contributed by atoms with Crippen LogP contribution in [0, 0.1) is 0 Å². The Morgan fingerprint density at radius 2 is 2.33 bits per heavy atom. The van der Waals surface area contributed by atoms with Gasteiger partial charge in [-0.15, -0.1) is 0 Å². The highest BCUT2D eigenvalue weighted by atomic mass is 32.2. The molecule has 0 amide bonds. The molecule has 2 N–H and O–H groups in total. The van der Waals surface area contributed by atoms with Gasteiger partial charge >= 0.3 is 5.97 Å². The van der Waals surface area contributed by atoms with Crippen molar-refractivity contribution in [1.29, 1.82) is 0 Å². The maximum absolute atomic E-state index is 11.5. The van der Waals surface area contributed by atoms with Gasteiger partial charge in [-0.3, -0.25) is 4.79 Å². The molecule has 0 fully saturated rings. The smallest absolute Gasteiger partial charge is 0.306 e. The van der Waals surface area contributed by atoms with Crippen molar-refractivity contribution < 1.29 is 17.9 Å². The number of H-pyrrole nitrogens is 1. The maximum atomic E-state index is 11.5. The van der Waals surface area contributed by atoms with Crippen molar-refractivity contribution in [2.75, 3.05) is 19.4 Å². The van der Waals surface area contributed by atoms with Crippen molar-refractivity contribution in [1.82, 2.24) is 14.7 Å². The Bertz CT molecular complexity index is 455. The largest absolute Gasteiger partial charge is 0.469 e. The van der Waals surface area contributed by atoms with E-state index >= 15 is 0 Å². The highest BCUT2D eigenvalue weighted by molar-refractivity contribution is 7.89. The van der Waals surface area contributed by atoms with Crippen LogP contribution in [-0.4, -0.2) is 43.8 Å². The van der Waals surface area contributed by atoms with Crippen LogP contribution < -0.4 is 4.72 Å². The molecule has 1 aromatic heterocycles. The standard InChI is InChI=1S/C10H17N3O4S/c1-17-10(14)4-8-18(15,16)13-5-2-3-9-11-6-7-12-9/h6-7,13H,2-5,8H2,1H3,(H,11,12). The monoisotopic (exact) mass is 275 g/mol. The third kappa shape index (κ3) is 5.78. The first-order chi connectivity index (χ1) is 8.53. The first-order valence-corrected chi connectivity index (χ1v) is 7.21. The summed E-state index contributed by atoms with van der Waals surface area (Å²) in [4.78, 5) is 17.8. The second kappa shape index (κ2) is 7.12. The molecule has 18 heavy (non-hydrogen) atoms. The summed E-state index contributed by atoms with van der Waals surface area (Å²) in [5.74, 6) is 0.0418. The summed E-state index contributed by atoms with van der Waals surface area (Å²) in [6, 6.07) is 0. The molecular weight excluding hydrogens is 258 g/mol. The lowest BCUT2D eigenvalue weighted by Gasteiger charge is -2.05. The molecule has 0 atom stereocenters. The van der Waals surface area contributed by atoms with Crippen LogP contribution in [0.4, 0.5) is 0 Å². The third-order valence-electron chi connectivity index (χ3n) is 2.27. The number of nitrogens with zero attached hydrogens (tertiary/aromatic N) is 1. The van der Waals surface area contributed by atoms with Crippen LogP contribution in [0.25, 0.3) is 0 Å². The minimum Gasteiger partial charge on any atom is -0.469 e. The minimum absolute atomic E-state index is 0.135. The predicted octanol–water partition coefficient (Wildman–Crippen LogP) is -0.175. The van der Waals surface area contributed by atoms with E-state index < -0.39 is 16.0 Å². The number of ether oxygens (including phenoxy) is 1. The number of aryl methyl sites for hydroxylation is 1. The number of hydrogen-bond acceptors (Lipinski definition) is 5. The lowest BCUT2D eigenvalue weighted by molar-refractivity contribution is -0.140. The molecule has 0 spiro atoms. The van der Waals surface area contributed by atoms with E-state index in [1.165, 1.54) is 7.11 Å². The zero-order valence-corrected chi connectivity index (χ0v) is 11.0. The Hall–Kier alpha value is -1.41. The number of methoxy groups -OCH3 is 1. The zero-order valence-electron chi connectivity index (χ0n) is 10.2. The van der Waals surface area contributed by atoms with Crippen LogP contribution in [0.3, 0.4) is 0 Å². The molecule has 102 valence electrons. The number of rotatable bonds is 8. The predicted molar refractivity (Wildman–Crippen MR) is 65.3 cm³/mol. The van der Waals surface area contributed by atoms with Crippen LogP contribution in [0.2, 0.25) is 0 Å². The molecule has 0 aliphatic heterocycles. The molecule has 1 heterocycles. The van der Waals surface area contributed by atoms with Gasteiger partial charge in [-0.25, -0.2) is 18.1 Å². The van der Waals surface area contributed by atoms with E-state index in [9.17, 15) is 13.2 Å². The molecule has 0 bridgehead atoms. The molecular formula is C10H17N3O4S. The van der Waals surface area contributed by atoms with Crippen molar-refractivity contribution in [2.24, 2.45) is 0 Å². The van der Waals surface area contributed by atoms with Gasteiger partial charge in [-0.2, -0.15) is 0 Å². The van der Waals surface area contributed by atoms with Gasteiger partial charge in [0.1, 0.15) is 5.82 Å². The van der Waals surface area contributed by atoms with E-state index in [2.05, 4.69) is 19.4 Å². The fraction of sp³-hybridized carbons (Fsp3) is 0.600. The Labute approximate surface area is 106 Å². The van der Waals surface area contributed by atoms with Crippen molar-refractivity contribution in [3.8, 4) is 0 Å². The fourth-order valence-corrected chi connectivity index (χ4v) is 2.35. The molecule has 8 heteroatoms. The van der Waals surface area contributed by atoms with Crippen LogP contribution in [-0.2, 0) is 26.0 Å². The Morgan fingerprint density at radius 3 is 2.94 bits per heavy atom. The molecule has 1 aromatic rings. The molecule has 7 nitrogen and oxygen atoms in total. The molecule has 0 aromatic carbocycles. The quantitative estimate of drug-likeness (QED) is 0.506. The summed E-state index contributed by atoms with van der Waals surface area (Å²) in [5.41, 5.74) is 0. The van der Waals surface area contributed by atoms with Crippen molar-refractivity contribution in [2.45, 2.75) is 19.3 Å². The third-order valence-corrected chi connectivity index (χ3v) is 3.66. The highest BCUT2D eigenvalue weighted by Crippen LogP contribution is 1.96. The van der Waals surface area contributed by atoms with Crippen molar-refractivity contribution >= 4 is 16.0 Å². The average Bonchev–Trinajstić information content (AvgIpc) is 2.85. The summed E-state index contributed by atoms with van der Waals surface area (Å²) >= 11 is 0. The molecule has 0 saturated carbocycles. The van der Waals surface area contributed by atoms with Crippen LogP contribution >= 0.6 is 0 Å². The number of carbonyl (C=O) groups excluding carboxylic acids is 1. The number of nitrogens with one attached hydrogen (secondary N) is 2. The fourth-order valence-electron chi connectivity index (χ4n) is 1.31. The van der Waals surface area contributed by atoms with Gasteiger partial charge in [0.05, 0.1) is 19.3 Å². The highest BCUT2D eigenvalue weighted by Gasteiger charge is 2.12. The van der Waals surface area contributed by atoms with E-state index in [-0.39, 0.29) is 12.2 Å². The van der Waals surface area contributed by atoms with E-state index in [1.807, 2.05) is 0 Å². The average molecular weight is 275 g/mol. The summed E-state index contributed by atoms with van der Waals surface area (Å²) in [7, 11) is -2.18. The summed E-state index contributed by atoms with van der Waals surface area (Å²) < 4.78 is 29.7. The molecule has 0 saturated heterocycles. The van der Waals surface area contributed by atoms with Gasteiger partial charge < -0.3 is 9.72 Å². The van der Waals surface area contributed by atoms with E-state index in [1.54, 1.807) is 12.4 Å². The molecule has 0 aliphatic carbocycles. The zero-order chi connectivity index (χ0) is 13.4. The number of hydrogen-bond donors (Lipinski definition) is 2. The van der Waals surface area contributed by atoms with Gasteiger partial charge in [-0.1, -0.05) is 0 Å². The van der Waals surface area contributed by atoms with Gasteiger partial charge in [0.2, 0.25) is 10.0 Å². The number of aromatic amines is 1. The number of aromatic nitrogens is 2. The molecule has 0 radical (unpaired) electrons. The Morgan fingerprint density at radius 1 is 1.56 bits per heavy atom. The first kappa shape index (κ1) is 14.7. The maximum Gasteiger partial charge on any atom is 0.306 e. The van der Waals surface area contributed by atoms with Gasteiger partial charge in [0.25, 0.3) is 0 Å². The SMILES string of the molecule is COC(=O)CCS(=O)(=O)NCCCc1ncc[nH]1. The number of carbonyl (C=O) groups is 1. The van der Waals surface area contributed by atoms with E-state index in [0.29, 0.717) is 19.4 Å². The molecule has 0 aliphatic rings. The normalized spacial score (nSPS) is 11.4.